The van der Waals surface area contributed by atoms with Crippen molar-refractivity contribution in [3.05, 3.63) is 0 Å². The van der Waals surface area contributed by atoms with Crippen LogP contribution in [0.5, 0.6) is 0 Å². The first-order chi connectivity index (χ1) is 6.97. The maximum atomic E-state index is 10.6. The summed E-state index contributed by atoms with van der Waals surface area (Å²) in [6.07, 6.45) is 0. The molecule has 0 saturated carbocycles. The predicted molar refractivity (Wildman–Crippen MR) is 58.8 cm³/mol. The van der Waals surface area contributed by atoms with Crippen LogP contribution in [-0.4, -0.2) is 55.4 Å². The van der Waals surface area contributed by atoms with Gasteiger partial charge >= 0.3 is 5.97 Å². The fourth-order valence-electron chi connectivity index (χ4n) is 1.35. The van der Waals surface area contributed by atoms with Gasteiger partial charge in [-0.05, 0) is 5.92 Å². The second-order valence-corrected chi connectivity index (χ2v) is 4.09. The van der Waals surface area contributed by atoms with E-state index in [-0.39, 0.29) is 0 Å². The molecule has 0 aromatic carbocycles. The summed E-state index contributed by atoms with van der Waals surface area (Å²) in [7, 11) is 1.63. The molecule has 0 amide bonds. The first-order valence-corrected chi connectivity index (χ1v) is 5.17. The van der Waals surface area contributed by atoms with E-state index in [1.54, 1.807) is 7.11 Å². The van der Waals surface area contributed by atoms with Crippen molar-refractivity contribution in [2.75, 3.05) is 33.4 Å². The van der Waals surface area contributed by atoms with Gasteiger partial charge in [-0.2, -0.15) is 0 Å². The van der Waals surface area contributed by atoms with Crippen LogP contribution < -0.4 is 5.73 Å². The molecule has 0 rings (SSSR count). The largest absolute Gasteiger partial charge is 0.480 e. The molecular formula is C10H22N2O3. The van der Waals surface area contributed by atoms with Crippen LogP contribution in [0.15, 0.2) is 0 Å². The van der Waals surface area contributed by atoms with Gasteiger partial charge in [0.25, 0.3) is 0 Å². The zero-order valence-electron chi connectivity index (χ0n) is 9.77. The number of carboxylic acid groups (broad SMARTS) is 1. The smallest absolute Gasteiger partial charge is 0.321 e. The molecule has 5 heteroatoms. The van der Waals surface area contributed by atoms with Crippen LogP contribution in [-0.2, 0) is 9.53 Å². The Morgan fingerprint density at radius 2 is 2.07 bits per heavy atom. The number of nitrogens with two attached hydrogens (primary N) is 1. The molecule has 3 N–H and O–H groups in total. The van der Waals surface area contributed by atoms with Gasteiger partial charge < -0.3 is 15.6 Å². The van der Waals surface area contributed by atoms with E-state index < -0.39 is 12.0 Å². The number of hydrogen-bond donors (Lipinski definition) is 2. The number of nitrogens with zero attached hydrogens (tertiary/aromatic N) is 1. The second kappa shape index (κ2) is 7.62. The standard InChI is InChI=1S/C10H22N2O3/c1-8(2)6-12(4-5-15-3)7-9(11)10(13)14/h8-9H,4-7,11H2,1-3H3,(H,13,14). The number of carboxylic acids is 1. The average molecular weight is 218 g/mol. The van der Waals surface area contributed by atoms with E-state index in [0.29, 0.717) is 19.1 Å². The minimum Gasteiger partial charge on any atom is -0.480 e. The quantitative estimate of drug-likeness (QED) is 0.600. The molecule has 5 nitrogen and oxygen atoms in total. The van der Waals surface area contributed by atoms with Crippen LogP contribution >= 0.6 is 0 Å². The topological polar surface area (TPSA) is 75.8 Å². The number of ether oxygens (including phenoxy) is 1. The summed E-state index contributed by atoms with van der Waals surface area (Å²) in [5, 5.41) is 8.71. The third kappa shape index (κ3) is 7.30. The number of methoxy groups -OCH3 is 1. The Morgan fingerprint density at radius 1 is 1.47 bits per heavy atom. The SMILES string of the molecule is COCCN(CC(C)C)CC(N)C(=O)O. The summed E-state index contributed by atoms with van der Waals surface area (Å²) in [4.78, 5) is 12.6. The average Bonchev–Trinajstić information content (AvgIpc) is 2.13. The summed E-state index contributed by atoms with van der Waals surface area (Å²) in [5.74, 6) is -0.468. The van der Waals surface area contributed by atoms with Gasteiger partial charge in [-0.25, -0.2) is 0 Å². The van der Waals surface area contributed by atoms with Crippen molar-refractivity contribution in [2.24, 2.45) is 11.7 Å². The number of rotatable bonds is 8. The number of aliphatic carboxylic acids is 1. The van der Waals surface area contributed by atoms with Crippen LogP contribution in [0.4, 0.5) is 0 Å². The molecular weight excluding hydrogens is 196 g/mol. The number of carbonyl (C=O) groups is 1. The van der Waals surface area contributed by atoms with Crippen molar-refractivity contribution in [3.8, 4) is 0 Å². The Hall–Kier alpha value is -0.650. The highest BCUT2D eigenvalue weighted by molar-refractivity contribution is 5.73. The second-order valence-electron chi connectivity index (χ2n) is 4.09. The summed E-state index contributed by atoms with van der Waals surface area (Å²) >= 11 is 0. The summed E-state index contributed by atoms with van der Waals surface area (Å²) < 4.78 is 4.97. The highest BCUT2D eigenvalue weighted by Crippen LogP contribution is 1.99. The summed E-state index contributed by atoms with van der Waals surface area (Å²) in [6, 6.07) is -0.819. The van der Waals surface area contributed by atoms with Crippen LogP contribution in [0.2, 0.25) is 0 Å². The molecule has 15 heavy (non-hydrogen) atoms. The van der Waals surface area contributed by atoms with Crippen LogP contribution in [0.25, 0.3) is 0 Å². The molecule has 0 aromatic rings. The molecule has 0 fully saturated rings. The predicted octanol–water partition coefficient (Wildman–Crippen LogP) is 0.00270. The Labute approximate surface area is 91.2 Å². The van der Waals surface area contributed by atoms with Gasteiger partial charge in [0.05, 0.1) is 6.61 Å². The first-order valence-electron chi connectivity index (χ1n) is 5.17. The van der Waals surface area contributed by atoms with Crippen molar-refractivity contribution < 1.29 is 14.6 Å². The molecule has 0 saturated heterocycles. The fraction of sp³-hybridized carbons (Fsp3) is 0.900. The van der Waals surface area contributed by atoms with E-state index >= 15 is 0 Å². The molecule has 0 radical (unpaired) electrons. The lowest BCUT2D eigenvalue weighted by molar-refractivity contribution is -0.139. The van der Waals surface area contributed by atoms with Crippen molar-refractivity contribution in [2.45, 2.75) is 19.9 Å². The molecule has 0 aliphatic heterocycles. The van der Waals surface area contributed by atoms with Crippen LogP contribution in [0, 0.1) is 5.92 Å². The highest BCUT2D eigenvalue weighted by Gasteiger charge is 2.16. The van der Waals surface area contributed by atoms with E-state index in [1.165, 1.54) is 0 Å². The van der Waals surface area contributed by atoms with E-state index in [0.717, 1.165) is 13.1 Å². The molecule has 1 atom stereocenters. The lowest BCUT2D eigenvalue weighted by atomic mass is 10.2. The molecule has 90 valence electrons. The van der Waals surface area contributed by atoms with Crippen LogP contribution in [0.1, 0.15) is 13.8 Å². The minimum atomic E-state index is -0.957. The van der Waals surface area contributed by atoms with Crippen molar-refractivity contribution >= 4 is 5.97 Å². The van der Waals surface area contributed by atoms with Crippen molar-refractivity contribution in [1.29, 1.82) is 0 Å². The van der Waals surface area contributed by atoms with Gasteiger partial charge in [-0.3, -0.25) is 9.69 Å². The highest BCUT2D eigenvalue weighted by atomic mass is 16.5. The van der Waals surface area contributed by atoms with Gasteiger partial charge in [0.2, 0.25) is 0 Å². The van der Waals surface area contributed by atoms with Gasteiger partial charge in [0.1, 0.15) is 6.04 Å². The molecule has 1 unspecified atom stereocenters. The Morgan fingerprint density at radius 3 is 2.47 bits per heavy atom. The van der Waals surface area contributed by atoms with E-state index in [1.807, 2.05) is 4.90 Å². The Kier molecular flexibility index (Phi) is 7.29. The third-order valence-corrected chi connectivity index (χ3v) is 2.01. The van der Waals surface area contributed by atoms with Gasteiger partial charge in [-0.1, -0.05) is 13.8 Å². The zero-order chi connectivity index (χ0) is 11.8. The first kappa shape index (κ1) is 14.3. The normalized spacial score (nSPS) is 13.5. The molecule has 0 aliphatic rings. The molecule has 0 aliphatic carbocycles. The monoisotopic (exact) mass is 218 g/mol. The molecule has 0 aromatic heterocycles. The Balaban J connectivity index is 4.04. The van der Waals surface area contributed by atoms with Gasteiger partial charge in [0, 0.05) is 26.7 Å². The van der Waals surface area contributed by atoms with E-state index in [4.69, 9.17) is 15.6 Å². The lowest BCUT2D eigenvalue weighted by Crippen LogP contribution is -2.44. The van der Waals surface area contributed by atoms with Crippen LogP contribution in [0.3, 0.4) is 0 Å². The fourth-order valence-corrected chi connectivity index (χ4v) is 1.35. The number of hydrogen-bond acceptors (Lipinski definition) is 4. The van der Waals surface area contributed by atoms with E-state index in [2.05, 4.69) is 13.8 Å². The molecule has 0 heterocycles. The van der Waals surface area contributed by atoms with Gasteiger partial charge in [-0.15, -0.1) is 0 Å². The summed E-state index contributed by atoms with van der Waals surface area (Å²) in [6.45, 7) is 6.70. The Bertz CT molecular complexity index is 186. The maximum absolute atomic E-state index is 10.6. The summed E-state index contributed by atoms with van der Waals surface area (Å²) in [5.41, 5.74) is 5.48. The van der Waals surface area contributed by atoms with Gasteiger partial charge in [0.15, 0.2) is 0 Å². The third-order valence-electron chi connectivity index (χ3n) is 2.01. The van der Waals surface area contributed by atoms with Crippen molar-refractivity contribution in [3.63, 3.8) is 0 Å². The van der Waals surface area contributed by atoms with Crippen molar-refractivity contribution in [1.82, 2.24) is 4.90 Å². The minimum absolute atomic E-state index is 0.372. The zero-order valence-corrected chi connectivity index (χ0v) is 9.77. The maximum Gasteiger partial charge on any atom is 0.321 e. The lowest BCUT2D eigenvalue weighted by Gasteiger charge is -2.25. The molecule has 0 bridgehead atoms. The molecule has 0 spiro atoms. The van der Waals surface area contributed by atoms with E-state index in [9.17, 15) is 4.79 Å².